The number of carbonyl (C=O) groups is 3. The second-order valence-corrected chi connectivity index (χ2v) is 11.9. The highest BCUT2D eigenvalue weighted by atomic mass is 32.2. The summed E-state index contributed by atoms with van der Waals surface area (Å²) >= 11 is 0. The number of amidine groups is 1. The number of nitrogen functional groups attached to an aromatic ring is 1. The number of hydrogen-bond donors (Lipinski definition) is 5. The minimum absolute atomic E-state index is 0.00462. The number of sulfonamides is 1. The lowest BCUT2D eigenvalue weighted by atomic mass is 9.98. The summed E-state index contributed by atoms with van der Waals surface area (Å²) in [6.07, 6.45) is 4.55. The number of anilines is 1. The topological polar surface area (TPSA) is 195 Å². The van der Waals surface area contributed by atoms with Crippen LogP contribution in [0.15, 0.2) is 77.7 Å². The van der Waals surface area contributed by atoms with Gasteiger partial charge in [-0.15, -0.1) is 0 Å². The number of rotatable bonds is 11. The SMILES string of the molecule is N=C(N)c1cccc(C(=O)N[C@@H](CCC(=O)OC2CCCCC2)C(=O)Nc2ccc(-c3ccccc3S(N)(=O)=O)cc2)c1. The zero-order valence-corrected chi connectivity index (χ0v) is 24.4. The Morgan fingerprint density at radius 2 is 1.60 bits per heavy atom. The molecule has 0 radical (unpaired) electrons. The van der Waals surface area contributed by atoms with Gasteiger partial charge in [0.25, 0.3) is 5.91 Å². The number of primary sulfonamides is 1. The van der Waals surface area contributed by atoms with Gasteiger partial charge in [0, 0.05) is 28.8 Å². The van der Waals surface area contributed by atoms with Gasteiger partial charge in [-0.3, -0.25) is 19.8 Å². The van der Waals surface area contributed by atoms with Crippen LogP contribution in [0.2, 0.25) is 0 Å². The molecule has 0 spiro atoms. The highest BCUT2D eigenvalue weighted by Crippen LogP contribution is 2.28. The van der Waals surface area contributed by atoms with Crippen molar-refractivity contribution in [2.24, 2.45) is 10.9 Å². The number of nitrogens with two attached hydrogens (primary N) is 2. The Morgan fingerprint density at radius 1 is 0.930 bits per heavy atom. The molecule has 0 bridgehead atoms. The molecule has 2 amide bonds. The van der Waals surface area contributed by atoms with Gasteiger partial charge in [0.05, 0.1) is 4.90 Å². The molecular weight excluding hydrogens is 570 g/mol. The summed E-state index contributed by atoms with van der Waals surface area (Å²) in [5.74, 6) is -1.77. The van der Waals surface area contributed by atoms with Crippen LogP contribution >= 0.6 is 0 Å². The molecule has 0 saturated heterocycles. The van der Waals surface area contributed by atoms with Crippen LogP contribution in [0.5, 0.6) is 0 Å². The maximum atomic E-state index is 13.4. The average molecular weight is 606 g/mol. The van der Waals surface area contributed by atoms with Gasteiger partial charge >= 0.3 is 5.97 Å². The van der Waals surface area contributed by atoms with E-state index >= 15 is 0 Å². The molecule has 12 heteroatoms. The number of esters is 1. The van der Waals surface area contributed by atoms with E-state index in [1.54, 1.807) is 54.6 Å². The number of amides is 2. The van der Waals surface area contributed by atoms with Crippen molar-refractivity contribution in [2.75, 3.05) is 5.32 Å². The van der Waals surface area contributed by atoms with Crippen molar-refractivity contribution in [1.82, 2.24) is 5.32 Å². The van der Waals surface area contributed by atoms with Crippen molar-refractivity contribution in [3.8, 4) is 11.1 Å². The maximum absolute atomic E-state index is 13.4. The molecule has 1 fully saturated rings. The molecule has 43 heavy (non-hydrogen) atoms. The molecule has 11 nitrogen and oxygen atoms in total. The number of carbonyl (C=O) groups excluding carboxylic acids is 3. The Bertz CT molecular complexity index is 1600. The zero-order chi connectivity index (χ0) is 31.0. The molecule has 1 aliphatic carbocycles. The van der Waals surface area contributed by atoms with Gasteiger partial charge in [-0.25, -0.2) is 13.6 Å². The van der Waals surface area contributed by atoms with Gasteiger partial charge in [0.1, 0.15) is 18.0 Å². The van der Waals surface area contributed by atoms with Crippen molar-refractivity contribution in [1.29, 1.82) is 5.41 Å². The lowest BCUT2D eigenvalue weighted by Gasteiger charge is -2.23. The van der Waals surface area contributed by atoms with Gasteiger partial charge in [0.15, 0.2) is 0 Å². The standard InChI is InChI=1S/C31H35N5O6S/c32-29(33)21-7-6-8-22(19-21)30(38)36-26(17-18-28(37)42-24-9-2-1-3-10-24)31(39)35-23-15-13-20(14-16-23)25-11-4-5-12-27(25)43(34,40)41/h4-8,11-16,19,24,26H,1-3,9-10,17-18H2,(H3,32,33)(H,35,39)(H,36,38)(H2,34,40,41)/t26-/m0/s1. The maximum Gasteiger partial charge on any atom is 0.306 e. The van der Waals surface area contributed by atoms with Crippen LogP contribution in [0.1, 0.15) is 60.9 Å². The number of nitrogens with one attached hydrogen (secondary N) is 3. The van der Waals surface area contributed by atoms with E-state index in [2.05, 4.69) is 10.6 Å². The van der Waals surface area contributed by atoms with Crippen molar-refractivity contribution >= 4 is 39.3 Å². The number of benzene rings is 3. The van der Waals surface area contributed by atoms with Crippen LogP contribution in [0.25, 0.3) is 11.1 Å². The van der Waals surface area contributed by atoms with E-state index in [4.69, 9.17) is 21.0 Å². The van der Waals surface area contributed by atoms with Crippen LogP contribution in [0.3, 0.4) is 0 Å². The minimum Gasteiger partial charge on any atom is -0.462 e. The van der Waals surface area contributed by atoms with Gasteiger partial charge in [-0.1, -0.05) is 48.9 Å². The summed E-state index contributed by atoms with van der Waals surface area (Å²) in [6, 6.07) is 17.9. The molecule has 3 aromatic carbocycles. The molecule has 1 saturated carbocycles. The second kappa shape index (κ2) is 14.1. The molecule has 0 heterocycles. The van der Waals surface area contributed by atoms with Crippen LogP contribution in [-0.4, -0.2) is 44.2 Å². The molecule has 0 unspecified atom stereocenters. The van der Waals surface area contributed by atoms with Gasteiger partial charge in [-0.05, 0) is 68.0 Å². The molecule has 0 aliphatic heterocycles. The first kappa shape index (κ1) is 31.4. The summed E-state index contributed by atoms with van der Waals surface area (Å²) < 4.78 is 29.6. The third-order valence-corrected chi connectivity index (χ3v) is 8.17. The second-order valence-electron chi connectivity index (χ2n) is 10.4. The number of ether oxygens (including phenoxy) is 1. The van der Waals surface area contributed by atoms with Crippen molar-refractivity contribution in [2.45, 2.75) is 62.0 Å². The fourth-order valence-corrected chi connectivity index (χ4v) is 5.70. The van der Waals surface area contributed by atoms with Crippen LogP contribution < -0.4 is 21.5 Å². The highest BCUT2D eigenvalue weighted by Gasteiger charge is 2.25. The summed E-state index contributed by atoms with van der Waals surface area (Å²) in [7, 11) is -3.95. The third kappa shape index (κ3) is 8.72. The average Bonchev–Trinajstić information content (AvgIpc) is 2.99. The Kier molecular flexibility index (Phi) is 10.3. The number of hydrogen-bond acceptors (Lipinski definition) is 7. The van der Waals surface area contributed by atoms with E-state index in [1.807, 2.05) is 0 Å². The lowest BCUT2D eigenvalue weighted by Crippen LogP contribution is -2.44. The molecule has 1 atom stereocenters. The minimum atomic E-state index is -3.95. The van der Waals surface area contributed by atoms with Crippen LogP contribution in [-0.2, 0) is 24.3 Å². The normalized spacial score (nSPS) is 14.3. The van der Waals surface area contributed by atoms with E-state index in [9.17, 15) is 22.8 Å². The molecule has 1 aliphatic rings. The van der Waals surface area contributed by atoms with E-state index in [0.717, 1.165) is 32.1 Å². The Hall–Kier alpha value is -4.55. The Balaban J connectivity index is 1.49. The van der Waals surface area contributed by atoms with E-state index in [0.29, 0.717) is 22.4 Å². The third-order valence-electron chi connectivity index (χ3n) is 7.20. The molecule has 7 N–H and O–H groups in total. The summed E-state index contributed by atoms with van der Waals surface area (Å²) in [5.41, 5.74) is 7.49. The lowest BCUT2D eigenvalue weighted by molar-refractivity contribution is -0.150. The van der Waals surface area contributed by atoms with E-state index < -0.39 is 33.8 Å². The van der Waals surface area contributed by atoms with Gasteiger partial charge < -0.3 is 21.1 Å². The molecule has 4 rings (SSSR count). The predicted molar refractivity (Wildman–Crippen MR) is 163 cm³/mol. The van der Waals surface area contributed by atoms with Crippen LogP contribution in [0.4, 0.5) is 5.69 Å². The van der Waals surface area contributed by atoms with Crippen molar-refractivity contribution in [3.63, 3.8) is 0 Å². The van der Waals surface area contributed by atoms with Crippen molar-refractivity contribution < 1.29 is 27.5 Å². The zero-order valence-electron chi connectivity index (χ0n) is 23.5. The fraction of sp³-hybridized carbons (Fsp3) is 0.290. The highest BCUT2D eigenvalue weighted by molar-refractivity contribution is 7.89. The largest absolute Gasteiger partial charge is 0.462 e. The first-order valence-electron chi connectivity index (χ1n) is 14.0. The summed E-state index contributed by atoms with van der Waals surface area (Å²) in [4.78, 5) is 39.0. The Labute approximate surface area is 250 Å². The van der Waals surface area contributed by atoms with E-state index in [1.165, 1.54) is 18.2 Å². The fourth-order valence-electron chi connectivity index (χ4n) is 4.94. The van der Waals surface area contributed by atoms with E-state index in [-0.39, 0.29) is 35.2 Å². The molecular formula is C31H35N5O6S. The summed E-state index contributed by atoms with van der Waals surface area (Å²) in [5, 5.41) is 18.4. The smallest absolute Gasteiger partial charge is 0.306 e. The monoisotopic (exact) mass is 605 g/mol. The summed E-state index contributed by atoms with van der Waals surface area (Å²) in [6.45, 7) is 0. The molecule has 3 aromatic rings. The quantitative estimate of drug-likeness (QED) is 0.125. The van der Waals surface area contributed by atoms with Gasteiger partial charge in [0.2, 0.25) is 15.9 Å². The molecule has 0 aromatic heterocycles. The van der Waals surface area contributed by atoms with Crippen molar-refractivity contribution in [3.05, 3.63) is 83.9 Å². The predicted octanol–water partition coefficient (Wildman–Crippen LogP) is 3.68. The molecule has 226 valence electrons. The Morgan fingerprint density at radius 3 is 2.28 bits per heavy atom. The van der Waals surface area contributed by atoms with Gasteiger partial charge in [-0.2, -0.15) is 0 Å². The first-order chi connectivity index (χ1) is 20.5. The van der Waals surface area contributed by atoms with Crippen LogP contribution in [0, 0.1) is 5.41 Å². The first-order valence-corrected chi connectivity index (χ1v) is 15.5.